The van der Waals surface area contributed by atoms with Gasteiger partial charge in [0, 0.05) is 18.3 Å². The molecule has 1 aliphatic heterocycles. The van der Waals surface area contributed by atoms with Gasteiger partial charge in [-0.2, -0.15) is 5.26 Å². The molecule has 0 saturated carbocycles. The Kier molecular flexibility index (Phi) is 5.19. The summed E-state index contributed by atoms with van der Waals surface area (Å²) in [6.45, 7) is 11.5. The lowest BCUT2D eigenvalue weighted by Gasteiger charge is -2.35. The zero-order chi connectivity index (χ0) is 15.4. The molecule has 2 heterocycles. The Hall–Kier alpha value is -1.60. The molecular weight excluding hydrogens is 260 g/mol. The summed E-state index contributed by atoms with van der Waals surface area (Å²) in [5.74, 6) is 0.654. The summed E-state index contributed by atoms with van der Waals surface area (Å²) in [6.07, 6.45) is 2.51. The molecule has 0 aliphatic carbocycles. The largest absolute Gasteiger partial charge is 0.368 e. The molecule has 21 heavy (non-hydrogen) atoms. The van der Waals surface area contributed by atoms with Crippen LogP contribution in [0.15, 0.2) is 6.07 Å². The summed E-state index contributed by atoms with van der Waals surface area (Å²) in [7, 11) is 0. The van der Waals surface area contributed by atoms with Crippen molar-refractivity contribution < 1.29 is 0 Å². The summed E-state index contributed by atoms with van der Waals surface area (Å²) >= 11 is 0. The number of nitrogens with one attached hydrogen (secondary N) is 1. The van der Waals surface area contributed by atoms with Crippen LogP contribution in [0.25, 0.3) is 0 Å². The summed E-state index contributed by atoms with van der Waals surface area (Å²) in [6, 6.07) is 4.78. The number of nitrogens with zero attached hydrogens (tertiary/aromatic N) is 3. The first-order valence-electron chi connectivity index (χ1n) is 7.88. The lowest BCUT2D eigenvalue weighted by molar-refractivity contribution is 0.371. The number of aromatic nitrogens is 1. The van der Waals surface area contributed by atoms with Gasteiger partial charge in [-0.1, -0.05) is 0 Å². The van der Waals surface area contributed by atoms with Crippen molar-refractivity contribution in [3.8, 4) is 6.07 Å². The molecule has 1 fully saturated rings. The van der Waals surface area contributed by atoms with Crippen LogP contribution in [-0.2, 0) is 0 Å². The predicted molar refractivity (Wildman–Crippen MR) is 86.5 cm³/mol. The average Bonchev–Trinajstić information content (AvgIpc) is 2.45. The van der Waals surface area contributed by atoms with E-state index < -0.39 is 0 Å². The Balaban J connectivity index is 2.31. The summed E-state index contributed by atoms with van der Waals surface area (Å²) in [5.41, 5.74) is 3.58. The van der Waals surface area contributed by atoms with Crippen LogP contribution in [0.3, 0.4) is 0 Å². The Labute approximate surface area is 128 Å². The molecule has 1 atom stereocenters. The normalized spacial score (nSPS) is 18.6. The van der Waals surface area contributed by atoms with Crippen molar-refractivity contribution in [3.63, 3.8) is 0 Å². The first kappa shape index (κ1) is 15.8. The number of anilines is 1. The third-order valence-corrected chi connectivity index (χ3v) is 4.21. The number of hydrogen-bond donors (Lipinski definition) is 1. The number of nitriles is 1. The van der Waals surface area contributed by atoms with Gasteiger partial charge in [-0.3, -0.25) is 4.98 Å². The van der Waals surface area contributed by atoms with E-state index in [0.717, 1.165) is 42.3 Å². The minimum Gasteiger partial charge on any atom is -0.368 e. The second kappa shape index (κ2) is 6.91. The Morgan fingerprint density at radius 2 is 2.24 bits per heavy atom. The lowest BCUT2D eigenvalue weighted by atomic mass is 9.97. The standard InChI is InChI=1S/C17H26N4/c1-12(2)21(11-15-6-5-7-19-10-15)17-8-13(3)20-14(4)16(17)9-18/h8,12,15,19H,5-7,10-11H2,1-4H3. The van der Waals surface area contributed by atoms with Gasteiger partial charge in [0.1, 0.15) is 6.07 Å². The molecule has 1 saturated heterocycles. The van der Waals surface area contributed by atoms with E-state index in [1.165, 1.54) is 12.8 Å². The number of hydrogen-bond acceptors (Lipinski definition) is 4. The number of aryl methyl sites for hydroxylation is 2. The first-order valence-corrected chi connectivity index (χ1v) is 7.88. The van der Waals surface area contributed by atoms with Gasteiger partial charge in [0.05, 0.1) is 16.9 Å². The topological polar surface area (TPSA) is 52.0 Å². The highest BCUT2D eigenvalue weighted by Gasteiger charge is 2.22. The molecule has 0 radical (unpaired) electrons. The zero-order valence-electron chi connectivity index (χ0n) is 13.6. The number of piperidine rings is 1. The highest BCUT2D eigenvalue weighted by Crippen LogP contribution is 2.27. The minimum atomic E-state index is 0.375. The molecular formula is C17H26N4. The predicted octanol–water partition coefficient (Wildman–Crippen LogP) is 2.78. The van der Waals surface area contributed by atoms with Crippen LogP contribution in [0.2, 0.25) is 0 Å². The molecule has 1 aromatic heterocycles. The van der Waals surface area contributed by atoms with E-state index in [0.29, 0.717) is 12.0 Å². The highest BCUT2D eigenvalue weighted by molar-refractivity contribution is 5.62. The molecule has 4 nitrogen and oxygen atoms in total. The Morgan fingerprint density at radius 3 is 2.81 bits per heavy atom. The van der Waals surface area contributed by atoms with Crippen LogP contribution in [0.4, 0.5) is 5.69 Å². The molecule has 0 bridgehead atoms. The molecule has 0 amide bonds. The Bertz CT molecular complexity index is 524. The fourth-order valence-corrected chi connectivity index (χ4v) is 3.12. The monoisotopic (exact) mass is 286 g/mol. The van der Waals surface area contributed by atoms with Crippen molar-refractivity contribution in [1.29, 1.82) is 5.26 Å². The number of rotatable bonds is 4. The summed E-state index contributed by atoms with van der Waals surface area (Å²) in [4.78, 5) is 6.81. The smallest absolute Gasteiger partial charge is 0.103 e. The minimum absolute atomic E-state index is 0.375. The zero-order valence-corrected chi connectivity index (χ0v) is 13.6. The molecule has 4 heteroatoms. The van der Waals surface area contributed by atoms with E-state index in [9.17, 15) is 5.26 Å². The van der Waals surface area contributed by atoms with E-state index >= 15 is 0 Å². The maximum atomic E-state index is 9.50. The molecule has 114 valence electrons. The summed E-state index contributed by atoms with van der Waals surface area (Å²) < 4.78 is 0. The lowest BCUT2D eigenvalue weighted by Crippen LogP contribution is -2.41. The van der Waals surface area contributed by atoms with E-state index in [4.69, 9.17) is 0 Å². The van der Waals surface area contributed by atoms with Gasteiger partial charge in [-0.05, 0) is 65.6 Å². The second-order valence-corrected chi connectivity index (χ2v) is 6.31. The van der Waals surface area contributed by atoms with Crippen molar-refractivity contribution in [3.05, 3.63) is 23.0 Å². The fraction of sp³-hybridized carbons (Fsp3) is 0.647. The third kappa shape index (κ3) is 3.74. The van der Waals surface area contributed by atoms with Gasteiger partial charge in [0.25, 0.3) is 0 Å². The van der Waals surface area contributed by atoms with Crippen LogP contribution >= 0.6 is 0 Å². The highest BCUT2D eigenvalue weighted by atomic mass is 15.2. The van der Waals surface area contributed by atoms with Crippen LogP contribution in [0.5, 0.6) is 0 Å². The molecule has 0 spiro atoms. The quantitative estimate of drug-likeness (QED) is 0.924. The second-order valence-electron chi connectivity index (χ2n) is 6.31. The molecule has 1 unspecified atom stereocenters. The van der Waals surface area contributed by atoms with E-state index in [1.807, 2.05) is 13.8 Å². The molecule has 0 aromatic carbocycles. The van der Waals surface area contributed by atoms with E-state index in [2.05, 4.69) is 41.2 Å². The third-order valence-electron chi connectivity index (χ3n) is 4.21. The van der Waals surface area contributed by atoms with Gasteiger partial charge in [0.2, 0.25) is 0 Å². The van der Waals surface area contributed by atoms with Crippen LogP contribution in [-0.4, -0.2) is 30.7 Å². The molecule has 1 aliphatic rings. The van der Waals surface area contributed by atoms with Crippen LogP contribution in [0, 0.1) is 31.1 Å². The fourth-order valence-electron chi connectivity index (χ4n) is 3.12. The molecule has 1 aromatic rings. The van der Waals surface area contributed by atoms with Gasteiger partial charge in [-0.15, -0.1) is 0 Å². The van der Waals surface area contributed by atoms with Gasteiger partial charge in [-0.25, -0.2) is 0 Å². The average molecular weight is 286 g/mol. The summed E-state index contributed by atoms with van der Waals surface area (Å²) in [5, 5.41) is 13.0. The van der Waals surface area contributed by atoms with Crippen molar-refractivity contribution in [1.82, 2.24) is 10.3 Å². The Morgan fingerprint density at radius 1 is 1.48 bits per heavy atom. The van der Waals surface area contributed by atoms with Gasteiger partial charge in [0.15, 0.2) is 0 Å². The first-order chi connectivity index (χ1) is 10.0. The molecule has 2 rings (SSSR count). The van der Waals surface area contributed by atoms with E-state index in [1.54, 1.807) is 0 Å². The van der Waals surface area contributed by atoms with Crippen molar-refractivity contribution in [2.45, 2.75) is 46.6 Å². The maximum Gasteiger partial charge on any atom is 0.103 e. The van der Waals surface area contributed by atoms with Crippen LogP contribution < -0.4 is 10.2 Å². The maximum absolute atomic E-state index is 9.50. The van der Waals surface area contributed by atoms with Crippen LogP contribution in [0.1, 0.15) is 43.6 Å². The van der Waals surface area contributed by atoms with Crippen molar-refractivity contribution in [2.75, 3.05) is 24.5 Å². The van der Waals surface area contributed by atoms with Crippen molar-refractivity contribution in [2.24, 2.45) is 5.92 Å². The van der Waals surface area contributed by atoms with Gasteiger partial charge >= 0.3 is 0 Å². The SMILES string of the molecule is Cc1cc(N(CC2CCCNC2)C(C)C)c(C#N)c(C)n1. The van der Waals surface area contributed by atoms with E-state index in [-0.39, 0.29) is 0 Å². The van der Waals surface area contributed by atoms with Gasteiger partial charge < -0.3 is 10.2 Å². The molecule has 1 N–H and O–H groups in total. The van der Waals surface area contributed by atoms with Crippen molar-refractivity contribution >= 4 is 5.69 Å². The number of pyridine rings is 1.